The number of aliphatic hydroxyl groups excluding tert-OH is 1. The van der Waals surface area contributed by atoms with Gasteiger partial charge >= 0.3 is 0 Å². The Bertz CT molecular complexity index is 256. The SMILES string of the molecule is CCC1=CC(Cl)C(C)C(OC)=C1O. The van der Waals surface area contributed by atoms with Crippen molar-refractivity contribution >= 4 is 11.6 Å². The fourth-order valence-corrected chi connectivity index (χ4v) is 1.77. The minimum atomic E-state index is -0.0826. The standard InChI is InChI=1S/C10H15ClO2/c1-4-7-5-8(11)6(2)10(13-3)9(7)12/h5-6,8,12H,4H2,1-3H3. The number of alkyl halides is 1. The van der Waals surface area contributed by atoms with E-state index in [1.165, 1.54) is 0 Å². The maximum Gasteiger partial charge on any atom is 0.156 e. The summed E-state index contributed by atoms with van der Waals surface area (Å²) in [5.74, 6) is 0.899. The van der Waals surface area contributed by atoms with Gasteiger partial charge in [-0.15, -0.1) is 11.6 Å². The molecule has 1 rings (SSSR count). The van der Waals surface area contributed by atoms with Crippen LogP contribution in [0.1, 0.15) is 20.3 Å². The Morgan fingerprint density at radius 1 is 1.62 bits per heavy atom. The van der Waals surface area contributed by atoms with Crippen LogP contribution in [0.5, 0.6) is 0 Å². The molecule has 2 nitrogen and oxygen atoms in total. The zero-order valence-electron chi connectivity index (χ0n) is 8.17. The van der Waals surface area contributed by atoms with Crippen LogP contribution in [-0.4, -0.2) is 17.6 Å². The van der Waals surface area contributed by atoms with Crippen molar-refractivity contribution in [2.24, 2.45) is 5.92 Å². The molecule has 1 aliphatic carbocycles. The molecule has 0 fully saturated rings. The Hall–Kier alpha value is -0.630. The van der Waals surface area contributed by atoms with Gasteiger partial charge in [0.1, 0.15) is 5.76 Å². The summed E-state index contributed by atoms with van der Waals surface area (Å²) >= 11 is 6.08. The largest absolute Gasteiger partial charge is 0.504 e. The summed E-state index contributed by atoms with van der Waals surface area (Å²) in [6.07, 6.45) is 2.67. The van der Waals surface area contributed by atoms with Gasteiger partial charge < -0.3 is 9.84 Å². The van der Waals surface area contributed by atoms with Crippen LogP contribution >= 0.6 is 11.6 Å². The van der Waals surface area contributed by atoms with Crippen molar-refractivity contribution in [3.05, 3.63) is 23.2 Å². The van der Waals surface area contributed by atoms with Gasteiger partial charge in [0.2, 0.25) is 0 Å². The third kappa shape index (κ3) is 1.83. The average Bonchev–Trinajstić information content (AvgIpc) is 2.12. The van der Waals surface area contributed by atoms with E-state index < -0.39 is 0 Å². The van der Waals surface area contributed by atoms with Crippen molar-refractivity contribution in [2.45, 2.75) is 25.6 Å². The molecular formula is C10H15ClO2. The second-order valence-corrected chi connectivity index (χ2v) is 3.70. The number of hydrogen-bond acceptors (Lipinski definition) is 2. The van der Waals surface area contributed by atoms with E-state index >= 15 is 0 Å². The Morgan fingerprint density at radius 3 is 2.69 bits per heavy atom. The second-order valence-electron chi connectivity index (χ2n) is 3.20. The lowest BCUT2D eigenvalue weighted by Gasteiger charge is -2.25. The Labute approximate surface area is 83.8 Å². The van der Waals surface area contributed by atoms with Crippen molar-refractivity contribution in [2.75, 3.05) is 7.11 Å². The Kier molecular flexibility index (Phi) is 3.26. The van der Waals surface area contributed by atoms with Crippen molar-refractivity contribution in [3.63, 3.8) is 0 Å². The lowest BCUT2D eigenvalue weighted by atomic mass is 9.93. The molecule has 0 saturated carbocycles. The first-order valence-electron chi connectivity index (χ1n) is 4.44. The number of hydrogen-bond donors (Lipinski definition) is 1. The first kappa shape index (κ1) is 10.5. The zero-order valence-corrected chi connectivity index (χ0v) is 8.93. The van der Waals surface area contributed by atoms with E-state index in [-0.39, 0.29) is 17.1 Å². The molecule has 0 aromatic heterocycles. The molecule has 2 unspecified atom stereocenters. The molecule has 1 aliphatic rings. The van der Waals surface area contributed by atoms with Crippen molar-refractivity contribution < 1.29 is 9.84 Å². The van der Waals surface area contributed by atoms with Crippen LogP contribution in [0.4, 0.5) is 0 Å². The van der Waals surface area contributed by atoms with E-state index in [2.05, 4.69) is 0 Å². The minimum Gasteiger partial charge on any atom is -0.504 e. The van der Waals surface area contributed by atoms with E-state index in [0.29, 0.717) is 5.76 Å². The maximum absolute atomic E-state index is 9.74. The van der Waals surface area contributed by atoms with Gasteiger partial charge in [-0.25, -0.2) is 0 Å². The zero-order chi connectivity index (χ0) is 10.0. The predicted octanol–water partition coefficient (Wildman–Crippen LogP) is 3.00. The molecule has 2 atom stereocenters. The van der Waals surface area contributed by atoms with Crippen LogP contribution < -0.4 is 0 Å². The molecule has 0 amide bonds. The van der Waals surface area contributed by atoms with Gasteiger partial charge in [-0.05, 0) is 12.0 Å². The van der Waals surface area contributed by atoms with E-state index in [1.807, 2.05) is 19.9 Å². The van der Waals surface area contributed by atoms with Crippen LogP contribution in [0, 0.1) is 5.92 Å². The molecule has 0 aromatic carbocycles. The van der Waals surface area contributed by atoms with Gasteiger partial charge in [0.15, 0.2) is 5.76 Å². The lowest BCUT2D eigenvalue weighted by molar-refractivity contribution is 0.214. The Balaban J connectivity index is 3.04. The highest BCUT2D eigenvalue weighted by Gasteiger charge is 2.27. The number of methoxy groups -OCH3 is 1. The summed E-state index contributed by atoms with van der Waals surface area (Å²) in [7, 11) is 1.56. The van der Waals surface area contributed by atoms with Crippen LogP contribution in [0.3, 0.4) is 0 Å². The fourth-order valence-electron chi connectivity index (χ4n) is 1.50. The Morgan fingerprint density at radius 2 is 2.23 bits per heavy atom. The molecule has 0 spiro atoms. The third-order valence-corrected chi connectivity index (χ3v) is 2.89. The van der Waals surface area contributed by atoms with E-state index in [1.54, 1.807) is 7.11 Å². The van der Waals surface area contributed by atoms with E-state index in [0.717, 1.165) is 12.0 Å². The predicted molar refractivity (Wildman–Crippen MR) is 53.8 cm³/mol. The highest BCUT2D eigenvalue weighted by atomic mass is 35.5. The number of halogens is 1. The molecule has 0 heterocycles. The lowest BCUT2D eigenvalue weighted by Crippen LogP contribution is -2.20. The summed E-state index contributed by atoms with van der Waals surface area (Å²) in [4.78, 5) is 0. The van der Waals surface area contributed by atoms with Crippen molar-refractivity contribution in [1.82, 2.24) is 0 Å². The van der Waals surface area contributed by atoms with Gasteiger partial charge in [-0.2, -0.15) is 0 Å². The molecule has 74 valence electrons. The first-order chi connectivity index (χ1) is 6.11. The highest BCUT2D eigenvalue weighted by molar-refractivity contribution is 6.22. The summed E-state index contributed by atoms with van der Waals surface area (Å²) in [6, 6.07) is 0. The summed E-state index contributed by atoms with van der Waals surface area (Å²) in [5, 5.41) is 9.66. The molecule has 0 bridgehead atoms. The van der Waals surface area contributed by atoms with Crippen LogP contribution in [-0.2, 0) is 4.74 Å². The van der Waals surface area contributed by atoms with Crippen LogP contribution in [0.15, 0.2) is 23.2 Å². The highest BCUT2D eigenvalue weighted by Crippen LogP contribution is 2.33. The monoisotopic (exact) mass is 202 g/mol. The molecule has 0 radical (unpaired) electrons. The average molecular weight is 203 g/mol. The van der Waals surface area contributed by atoms with Crippen molar-refractivity contribution in [1.29, 1.82) is 0 Å². The van der Waals surface area contributed by atoms with Gasteiger partial charge in [-0.3, -0.25) is 0 Å². The van der Waals surface area contributed by atoms with Gasteiger partial charge in [0, 0.05) is 5.92 Å². The number of allylic oxidation sites excluding steroid dienone is 3. The van der Waals surface area contributed by atoms with Crippen molar-refractivity contribution in [3.8, 4) is 0 Å². The third-order valence-electron chi connectivity index (χ3n) is 2.39. The summed E-state index contributed by atoms with van der Waals surface area (Å²) < 4.78 is 5.12. The number of ether oxygens (including phenoxy) is 1. The molecular weight excluding hydrogens is 188 g/mol. The smallest absolute Gasteiger partial charge is 0.156 e. The summed E-state index contributed by atoms with van der Waals surface area (Å²) in [6.45, 7) is 3.92. The fraction of sp³-hybridized carbons (Fsp3) is 0.600. The van der Waals surface area contributed by atoms with E-state index in [9.17, 15) is 5.11 Å². The van der Waals surface area contributed by atoms with E-state index in [4.69, 9.17) is 16.3 Å². The second kappa shape index (κ2) is 4.05. The quantitative estimate of drug-likeness (QED) is 0.698. The molecule has 0 aromatic rings. The molecule has 3 heteroatoms. The molecule has 1 N–H and O–H groups in total. The van der Waals surface area contributed by atoms with Crippen LogP contribution in [0.2, 0.25) is 0 Å². The molecule has 0 aliphatic heterocycles. The van der Waals surface area contributed by atoms with Gasteiger partial charge in [-0.1, -0.05) is 19.9 Å². The first-order valence-corrected chi connectivity index (χ1v) is 4.87. The number of rotatable bonds is 2. The minimum absolute atomic E-state index is 0.0435. The van der Waals surface area contributed by atoms with Gasteiger partial charge in [0.25, 0.3) is 0 Å². The van der Waals surface area contributed by atoms with Gasteiger partial charge in [0.05, 0.1) is 12.5 Å². The number of aliphatic hydroxyl groups is 1. The topological polar surface area (TPSA) is 29.5 Å². The normalized spacial score (nSPS) is 28.8. The summed E-state index contributed by atoms with van der Waals surface area (Å²) in [5.41, 5.74) is 0.870. The molecule has 13 heavy (non-hydrogen) atoms. The molecule has 0 saturated heterocycles. The van der Waals surface area contributed by atoms with Crippen LogP contribution in [0.25, 0.3) is 0 Å². The maximum atomic E-state index is 9.74.